The predicted molar refractivity (Wildman–Crippen MR) is 56.3 cm³/mol. The summed E-state index contributed by atoms with van der Waals surface area (Å²) in [5.74, 6) is -0.411. The lowest BCUT2D eigenvalue weighted by molar-refractivity contribution is 0.100. The van der Waals surface area contributed by atoms with E-state index in [4.69, 9.17) is 5.73 Å². The van der Waals surface area contributed by atoms with Crippen LogP contribution in [0.5, 0.6) is 0 Å². The Bertz CT molecular complexity index is 499. The molecule has 1 aromatic rings. The van der Waals surface area contributed by atoms with Gasteiger partial charge in [0.15, 0.2) is 0 Å². The van der Waals surface area contributed by atoms with Crippen molar-refractivity contribution in [1.29, 1.82) is 0 Å². The van der Waals surface area contributed by atoms with Crippen LogP contribution in [0.3, 0.4) is 0 Å². The predicted octanol–water partition coefficient (Wildman–Crippen LogP) is -0.437. The second kappa shape index (κ2) is 2.93. The minimum atomic E-state index is -0.803. The number of hydrogen-bond acceptors (Lipinski definition) is 3. The summed E-state index contributed by atoms with van der Waals surface area (Å²) in [6, 6.07) is 1.73. The third kappa shape index (κ3) is 1.58. The molecule has 1 aliphatic carbocycles. The molecule has 0 spiro atoms. The van der Waals surface area contributed by atoms with Crippen LogP contribution < -0.4 is 15.5 Å². The normalized spacial score (nSPS) is 24.7. The van der Waals surface area contributed by atoms with Crippen molar-refractivity contribution in [2.45, 2.75) is 18.9 Å². The summed E-state index contributed by atoms with van der Waals surface area (Å²) >= 11 is 1.37. The Morgan fingerprint density at radius 1 is 1.71 bits per heavy atom. The second-order valence-electron chi connectivity index (χ2n) is 3.70. The van der Waals surface area contributed by atoms with Gasteiger partial charge in [-0.2, -0.15) is 0 Å². The Morgan fingerprint density at radius 2 is 2.43 bits per heavy atom. The van der Waals surface area contributed by atoms with E-state index in [0.29, 0.717) is 11.3 Å². The van der Waals surface area contributed by atoms with E-state index in [0.717, 1.165) is 9.75 Å². The molecule has 1 heterocycles. The first-order valence-corrected chi connectivity index (χ1v) is 5.15. The van der Waals surface area contributed by atoms with Crippen LogP contribution in [0.25, 0.3) is 12.2 Å². The standard InChI is InChI=1S/C10H11NO2S/c1-10(13)3-2-7-6(5-10)4-8(14-7)9(11)12/h2,4-5,13H,3H2,1H3,(H2,11,12). The molecule has 0 radical (unpaired) electrons. The highest BCUT2D eigenvalue weighted by Gasteiger charge is 2.19. The molecule has 1 aromatic heterocycles. The van der Waals surface area contributed by atoms with Gasteiger partial charge in [0, 0.05) is 4.53 Å². The summed E-state index contributed by atoms with van der Waals surface area (Å²) in [6.07, 6.45) is 4.29. The molecule has 74 valence electrons. The van der Waals surface area contributed by atoms with Crippen molar-refractivity contribution in [2.75, 3.05) is 0 Å². The highest BCUT2D eigenvalue weighted by atomic mass is 32.1. The first-order chi connectivity index (χ1) is 6.48. The van der Waals surface area contributed by atoms with Gasteiger partial charge >= 0.3 is 0 Å². The number of hydrogen-bond donors (Lipinski definition) is 2. The summed E-state index contributed by atoms with van der Waals surface area (Å²) < 4.78 is 1.02. The molecule has 1 amide bonds. The number of aliphatic hydroxyl groups is 1. The maximum atomic E-state index is 10.9. The Balaban J connectivity index is 2.64. The summed E-state index contributed by atoms with van der Waals surface area (Å²) in [5.41, 5.74) is 4.37. The Hall–Kier alpha value is -1.13. The lowest BCUT2D eigenvalue weighted by Crippen LogP contribution is -2.32. The minimum Gasteiger partial charge on any atom is -0.386 e. The van der Waals surface area contributed by atoms with Crippen LogP contribution in [0, 0.1) is 0 Å². The fourth-order valence-corrected chi connectivity index (χ4v) is 2.43. The van der Waals surface area contributed by atoms with E-state index in [9.17, 15) is 9.90 Å². The molecule has 1 atom stereocenters. The molecule has 0 saturated carbocycles. The van der Waals surface area contributed by atoms with E-state index in [-0.39, 0.29) is 0 Å². The summed E-state index contributed by atoms with van der Waals surface area (Å²) in [5, 5.41) is 10.7. The molecule has 0 saturated heterocycles. The number of primary amides is 1. The van der Waals surface area contributed by atoms with Crippen molar-refractivity contribution < 1.29 is 9.90 Å². The van der Waals surface area contributed by atoms with Gasteiger partial charge in [0.05, 0.1) is 10.5 Å². The lowest BCUT2D eigenvalue weighted by atomic mass is 9.98. The maximum Gasteiger partial charge on any atom is 0.258 e. The minimum absolute atomic E-state index is 0.411. The van der Waals surface area contributed by atoms with Crippen LogP contribution in [-0.2, 0) is 0 Å². The van der Waals surface area contributed by atoms with Crippen molar-refractivity contribution >= 4 is 29.4 Å². The van der Waals surface area contributed by atoms with Gasteiger partial charge in [0.1, 0.15) is 0 Å². The number of carbonyl (C=O) groups excluding carboxylic acids is 1. The van der Waals surface area contributed by atoms with Gasteiger partial charge in [-0.3, -0.25) is 4.79 Å². The van der Waals surface area contributed by atoms with Crippen LogP contribution in [0.15, 0.2) is 6.07 Å². The highest BCUT2D eigenvalue weighted by molar-refractivity contribution is 7.11. The van der Waals surface area contributed by atoms with E-state index in [1.54, 1.807) is 19.1 Å². The van der Waals surface area contributed by atoms with Crippen LogP contribution in [-0.4, -0.2) is 16.6 Å². The highest BCUT2D eigenvalue weighted by Crippen LogP contribution is 2.14. The van der Waals surface area contributed by atoms with Crippen molar-refractivity contribution in [3.63, 3.8) is 0 Å². The van der Waals surface area contributed by atoms with Gasteiger partial charge in [-0.05, 0) is 30.7 Å². The van der Waals surface area contributed by atoms with Crippen LogP contribution in [0.4, 0.5) is 0 Å². The second-order valence-corrected chi connectivity index (χ2v) is 4.79. The Kier molecular flexibility index (Phi) is 1.97. The van der Waals surface area contributed by atoms with E-state index in [1.807, 2.05) is 6.08 Å². The van der Waals surface area contributed by atoms with Gasteiger partial charge < -0.3 is 10.8 Å². The average Bonchev–Trinajstić information content (AvgIpc) is 2.45. The molecule has 3 nitrogen and oxygen atoms in total. The first kappa shape index (κ1) is 9.43. The first-order valence-electron chi connectivity index (χ1n) is 4.33. The molecule has 1 aliphatic rings. The molecule has 3 N–H and O–H groups in total. The summed E-state index contributed by atoms with van der Waals surface area (Å²) in [7, 11) is 0. The zero-order valence-electron chi connectivity index (χ0n) is 7.78. The number of nitrogens with two attached hydrogens (primary N) is 1. The average molecular weight is 209 g/mol. The van der Waals surface area contributed by atoms with E-state index in [1.165, 1.54) is 11.3 Å². The fourth-order valence-electron chi connectivity index (χ4n) is 1.51. The molecular weight excluding hydrogens is 198 g/mol. The zero-order chi connectivity index (χ0) is 10.3. The maximum absolute atomic E-state index is 10.9. The van der Waals surface area contributed by atoms with Gasteiger partial charge in [-0.1, -0.05) is 6.08 Å². The molecule has 0 bridgehead atoms. The molecule has 0 fully saturated rings. The zero-order valence-corrected chi connectivity index (χ0v) is 8.60. The molecule has 4 heteroatoms. The van der Waals surface area contributed by atoms with Crippen molar-refractivity contribution in [3.05, 3.63) is 20.7 Å². The van der Waals surface area contributed by atoms with Crippen molar-refractivity contribution in [2.24, 2.45) is 5.73 Å². The molecular formula is C10H11NO2S. The smallest absolute Gasteiger partial charge is 0.258 e. The van der Waals surface area contributed by atoms with Gasteiger partial charge in [-0.15, -0.1) is 11.3 Å². The molecule has 0 aliphatic heterocycles. The number of carbonyl (C=O) groups is 1. The van der Waals surface area contributed by atoms with Gasteiger partial charge in [0.25, 0.3) is 5.91 Å². The third-order valence-electron chi connectivity index (χ3n) is 2.20. The topological polar surface area (TPSA) is 63.3 Å². The number of fused-ring (bicyclic) bond motifs is 1. The van der Waals surface area contributed by atoms with Crippen LogP contribution in [0.1, 0.15) is 23.0 Å². The lowest BCUT2D eigenvalue weighted by Gasteiger charge is -2.18. The summed E-state index contributed by atoms with van der Waals surface area (Å²) in [6.45, 7) is 1.74. The van der Waals surface area contributed by atoms with Crippen LogP contribution >= 0.6 is 11.3 Å². The Morgan fingerprint density at radius 3 is 3.07 bits per heavy atom. The SMILES string of the molecule is CC1(O)C=c2cc(C(N)=O)sc2=CC1. The number of rotatable bonds is 1. The molecule has 14 heavy (non-hydrogen) atoms. The quantitative estimate of drug-likeness (QED) is 0.659. The van der Waals surface area contributed by atoms with Crippen molar-refractivity contribution in [1.82, 2.24) is 0 Å². The molecule has 0 aromatic carbocycles. The van der Waals surface area contributed by atoms with E-state index < -0.39 is 11.5 Å². The van der Waals surface area contributed by atoms with Gasteiger partial charge in [0.2, 0.25) is 0 Å². The molecule has 2 rings (SSSR count). The summed E-state index contributed by atoms with van der Waals surface area (Å²) in [4.78, 5) is 11.5. The molecule has 1 unspecified atom stereocenters. The number of amides is 1. The fraction of sp³-hybridized carbons (Fsp3) is 0.300. The largest absolute Gasteiger partial charge is 0.386 e. The van der Waals surface area contributed by atoms with Crippen molar-refractivity contribution in [3.8, 4) is 0 Å². The van der Waals surface area contributed by atoms with E-state index in [2.05, 4.69) is 0 Å². The van der Waals surface area contributed by atoms with Gasteiger partial charge in [-0.25, -0.2) is 0 Å². The van der Waals surface area contributed by atoms with E-state index >= 15 is 0 Å². The monoisotopic (exact) mass is 209 g/mol. The third-order valence-corrected chi connectivity index (χ3v) is 3.36. The Labute approximate surface area is 85.2 Å². The van der Waals surface area contributed by atoms with Crippen LogP contribution in [0.2, 0.25) is 0 Å². The number of thiophene rings is 1.